The second kappa shape index (κ2) is 15.8. The normalized spacial score (nSPS) is 11.2. The quantitative estimate of drug-likeness (QED) is 0.105. The van der Waals surface area contributed by atoms with Crippen LogP contribution in [0, 0.1) is 0 Å². The number of ether oxygens (including phenoxy) is 2. The van der Waals surface area contributed by atoms with Crippen molar-refractivity contribution in [2.75, 3.05) is 24.7 Å². The molecule has 24 heavy (non-hydrogen) atoms. The fourth-order valence-corrected chi connectivity index (χ4v) is 1.99. The van der Waals surface area contributed by atoms with Crippen molar-refractivity contribution in [1.82, 2.24) is 0 Å². The van der Waals surface area contributed by atoms with Crippen LogP contribution in [0.15, 0.2) is 12.2 Å². The van der Waals surface area contributed by atoms with E-state index < -0.39 is 43.7 Å². The van der Waals surface area contributed by atoms with Crippen molar-refractivity contribution in [3.63, 3.8) is 0 Å². The fraction of sp³-hybridized carbons (Fsp3) is 0.600. The third kappa shape index (κ3) is 23.8. The average molecular weight is 437 g/mol. The summed E-state index contributed by atoms with van der Waals surface area (Å²) in [6.45, 7) is -0.609. The van der Waals surface area contributed by atoms with Gasteiger partial charge in [0.05, 0.1) is 33.5 Å². The Bertz CT molecular complexity index is 558. The van der Waals surface area contributed by atoms with Crippen molar-refractivity contribution in [3.8, 4) is 0 Å². The molecule has 0 saturated heterocycles. The van der Waals surface area contributed by atoms with Crippen LogP contribution >= 0.6 is 0 Å². The minimum atomic E-state index is -4.37. The van der Waals surface area contributed by atoms with Crippen molar-refractivity contribution in [2.24, 2.45) is 0 Å². The van der Waals surface area contributed by atoms with Gasteiger partial charge < -0.3 is 18.6 Å². The SMILES string of the molecule is O=C(/C=C\C(=O)OCCCS(=O)(=O)[O-])OCCCS(=O)(=O)[O-].[K+].[K+]. The molecule has 0 fully saturated rings. The molecule has 0 amide bonds. The second-order valence-corrected chi connectivity index (χ2v) is 6.95. The molecule has 0 aliphatic carbocycles. The predicted molar refractivity (Wildman–Crippen MR) is 69.4 cm³/mol. The molecule has 0 rings (SSSR count). The molecule has 0 N–H and O–H groups in total. The van der Waals surface area contributed by atoms with Crippen LogP contribution in [0.4, 0.5) is 0 Å². The van der Waals surface area contributed by atoms with E-state index in [0.29, 0.717) is 0 Å². The first-order chi connectivity index (χ1) is 9.99. The van der Waals surface area contributed by atoms with Gasteiger partial charge in [0.15, 0.2) is 0 Å². The van der Waals surface area contributed by atoms with Gasteiger partial charge in [0, 0.05) is 23.7 Å². The summed E-state index contributed by atoms with van der Waals surface area (Å²) in [7, 11) is -8.74. The van der Waals surface area contributed by atoms with Crippen molar-refractivity contribution >= 4 is 32.2 Å². The summed E-state index contributed by atoms with van der Waals surface area (Å²) in [4.78, 5) is 22.1. The van der Waals surface area contributed by atoms with Crippen molar-refractivity contribution in [3.05, 3.63) is 12.2 Å². The molecule has 0 unspecified atom stereocenters. The first kappa shape index (κ1) is 30.5. The number of hydrogen-bond donors (Lipinski definition) is 0. The molecular weight excluding hydrogens is 422 g/mol. The number of rotatable bonds is 10. The van der Waals surface area contributed by atoms with E-state index in [4.69, 9.17) is 0 Å². The van der Waals surface area contributed by atoms with E-state index in [0.717, 1.165) is 12.2 Å². The Hall–Kier alpha value is 1.77. The molecule has 0 atom stereocenters. The third-order valence-corrected chi connectivity index (χ3v) is 3.50. The van der Waals surface area contributed by atoms with Crippen LogP contribution in [0.3, 0.4) is 0 Å². The van der Waals surface area contributed by atoms with E-state index in [1.54, 1.807) is 0 Å². The Morgan fingerprint density at radius 1 is 0.750 bits per heavy atom. The maximum atomic E-state index is 11.1. The molecule has 14 heteroatoms. The Balaban J connectivity index is -0.00000220. The van der Waals surface area contributed by atoms with Gasteiger partial charge in [-0.15, -0.1) is 0 Å². The number of hydrogen-bond acceptors (Lipinski definition) is 10. The van der Waals surface area contributed by atoms with Crippen LogP contribution in [0.1, 0.15) is 12.8 Å². The molecule has 0 aromatic heterocycles. The largest absolute Gasteiger partial charge is 1.00 e. The molecule has 0 heterocycles. The fourth-order valence-electron chi connectivity index (χ4n) is 1.05. The van der Waals surface area contributed by atoms with Gasteiger partial charge in [-0.25, -0.2) is 26.4 Å². The van der Waals surface area contributed by atoms with Crippen LogP contribution in [-0.2, 0) is 39.3 Å². The van der Waals surface area contributed by atoms with Crippen LogP contribution in [0.25, 0.3) is 0 Å². The molecule has 0 aromatic carbocycles. The monoisotopic (exact) mass is 436 g/mol. The summed E-state index contributed by atoms with van der Waals surface area (Å²) >= 11 is 0. The number of carbonyl (C=O) groups is 2. The number of carbonyl (C=O) groups excluding carboxylic acids is 2. The topological polar surface area (TPSA) is 167 Å². The van der Waals surface area contributed by atoms with Crippen molar-refractivity contribution in [2.45, 2.75) is 12.8 Å². The molecule has 0 saturated carbocycles. The van der Waals surface area contributed by atoms with Crippen LogP contribution < -0.4 is 103 Å². The third-order valence-electron chi connectivity index (χ3n) is 1.92. The van der Waals surface area contributed by atoms with E-state index >= 15 is 0 Å². The summed E-state index contributed by atoms with van der Waals surface area (Å²) in [6, 6.07) is 0. The molecule has 0 aliphatic heterocycles. The molecular formula is C10H14K2O10S2. The molecule has 0 bridgehead atoms. The standard InChI is InChI=1S/C10H16O10S2.2K/c11-9(19-5-1-7-21(13,14)15)3-4-10(12)20-6-2-8-22(16,17)18;;/h3-4H,1-2,5-8H2,(H,13,14,15)(H,16,17,18);;/q;2*+1/p-2/b4-3-;;. The van der Waals surface area contributed by atoms with Crippen LogP contribution in [0.2, 0.25) is 0 Å². The molecule has 128 valence electrons. The summed E-state index contributed by atoms with van der Waals surface area (Å²) in [5.74, 6) is -3.23. The zero-order valence-corrected chi connectivity index (χ0v) is 21.2. The van der Waals surface area contributed by atoms with Crippen LogP contribution in [0.5, 0.6) is 0 Å². The zero-order chi connectivity index (χ0) is 17.2. The average Bonchev–Trinajstić information content (AvgIpc) is 2.35. The van der Waals surface area contributed by atoms with E-state index in [9.17, 15) is 35.5 Å². The minimum Gasteiger partial charge on any atom is -0.748 e. The Morgan fingerprint density at radius 2 is 1.04 bits per heavy atom. The summed E-state index contributed by atoms with van der Waals surface area (Å²) < 4.78 is 70.5. The Kier molecular flexibility index (Phi) is 20.1. The van der Waals surface area contributed by atoms with E-state index in [1.165, 1.54) is 0 Å². The zero-order valence-electron chi connectivity index (χ0n) is 13.3. The van der Waals surface area contributed by atoms with Gasteiger partial charge in [-0.05, 0) is 12.8 Å². The summed E-state index contributed by atoms with van der Waals surface area (Å²) in [6.07, 6.45) is 1.11. The molecule has 0 spiro atoms. The Labute approximate surface area is 225 Å². The second-order valence-electron chi connectivity index (χ2n) is 3.90. The van der Waals surface area contributed by atoms with E-state index in [1.807, 2.05) is 0 Å². The predicted octanol–water partition coefficient (Wildman–Crippen LogP) is -7.49. The van der Waals surface area contributed by atoms with Gasteiger partial charge in [0.25, 0.3) is 0 Å². The van der Waals surface area contributed by atoms with Gasteiger partial charge in [-0.1, -0.05) is 0 Å². The molecule has 0 aromatic rings. The maximum Gasteiger partial charge on any atom is 1.00 e. The molecule has 0 radical (unpaired) electrons. The molecule has 0 aliphatic rings. The van der Waals surface area contributed by atoms with Crippen LogP contribution in [-0.4, -0.2) is 62.6 Å². The van der Waals surface area contributed by atoms with Crippen molar-refractivity contribution < 1.29 is 148 Å². The first-order valence-corrected chi connectivity index (χ1v) is 9.04. The van der Waals surface area contributed by atoms with Gasteiger partial charge in [-0.2, -0.15) is 0 Å². The van der Waals surface area contributed by atoms with E-state index in [-0.39, 0.29) is 129 Å². The van der Waals surface area contributed by atoms with Gasteiger partial charge in [0.2, 0.25) is 0 Å². The summed E-state index contributed by atoms with van der Waals surface area (Å²) in [5, 5.41) is 0. The maximum absolute atomic E-state index is 11.1. The minimum absolute atomic E-state index is 0. The van der Waals surface area contributed by atoms with Gasteiger partial charge in [0.1, 0.15) is 0 Å². The van der Waals surface area contributed by atoms with E-state index in [2.05, 4.69) is 9.47 Å². The smallest absolute Gasteiger partial charge is 0.748 e. The van der Waals surface area contributed by atoms with Gasteiger partial charge >= 0.3 is 115 Å². The first-order valence-electron chi connectivity index (χ1n) is 5.88. The number of esters is 2. The van der Waals surface area contributed by atoms with Crippen molar-refractivity contribution in [1.29, 1.82) is 0 Å². The summed E-state index contributed by atoms with van der Waals surface area (Å²) in [5.41, 5.74) is 0. The van der Waals surface area contributed by atoms with Gasteiger partial charge in [-0.3, -0.25) is 0 Å². The Morgan fingerprint density at radius 3 is 1.29 bits per heavy atom. The molecule has 10 nitrogen and oxygen atoms in total.